The van der Waals surface area contributed by atoms with Crippen molar-refractivity contribution in [1.82, 2.24) is 10.2 Å². The second-order valence-electron chi connectivity index (χ2n) is 6.39. The van der Waals surface area contributed by atoms with Crippen molar-refractivity contribution in [2.45, 2.75) is 37.8 Å². The molecule has 2 amide bonds. The number of carbonyl (C=O) groups is 2. The Kier molecular flexibility index (Phi) is 9.63. The molecular weight excluding hydrogens is 451 g/mol. The van der Waals surface area contributed by atoms with Gasteiger partial charge in [0.2, 0.25) is 11.8 Å². The number of hydrogen-bond donors (Lipinski definition) is 1. The Hall–Kier alpha value is -1.40. The standard InChI is InChI=1S/C21H23Cl3N2O2S/c1-3-25-21(28)14(2)26(13-15-4-9-18(23)19(24)12-15)20(27)10-11-29-17-7-5-16(22)6-8-17/h4-9,12,14H,3,10-11,13H2,1-2H3,(H,25,28)/t14-/m1/s1. The van der Waals surface area contributed by atoms with Crippen LogP contribution in [0.2, 0.25) is 15.1 Å². The molecule has 0 aliphatic rings. The first-order chi connectivity index (χ1) is 13.8. The molecule has 0 aliphatic heterocycles. The van der Waals surface area contributed by atoms with Gasteiger partial charge in [0.05, 0.1) is 10.0 Å². The predicted molar refractivity (Wildman–Crippen MR) is 122 cm³/mol. The minimum absolute atomic E-state index is 0.101. The molecule has 2 aromatic carbocycles. The molecule has 1 N–H and O–H groups in total. The quantitative estimate of drug-likeness (QED) is 0.476. The summed E-state index contributed by atoms with van der Waals surface area (Å²) in [6.07, 6.45) is 0.304. The van der Waals surface area contributed by atoms with E-state index in [2.05, 4.69) is 5.32 Å². The zero-order valence-electron chi connectivity index (χ0n) is 16.3. The van der Waals surface area contributed by atoms with Crippen molar-refractivity contribution in [3.05, 3.63) is 63.1 Å². The average molecular weight is 474 g/mol. The van der Waals surface area contributed by atoms with Crippen LogP contribution in [0.1, 0.15) is 25.8 Å². The summed E-state index contributed by atoms with van der Waals surface area (Å²) < 4.78 is 0. The van der Waals surface area contributed by atoms with Crippen LogP contribution in [0.3, 0.4) is 0 Å². The fourth-order valence-corrected chi connectivity index (χ4v) is 3.96. The molecule has 2 rings (SSSR count). The van der Waals surface area contributed by atoms with Crippen molar-refractivity contribution in [3.63, 3.8) is 0 Å². The molecule has 0 fully saturated rings. The van der Waals surface area contributed by atoms with Crippen molar-refractivity contribution < 1.29 is 9.59 Å². The van der Waals surface area contributed by atoms with Gasteiger partial charge in [0, 0.05) is 35.2 Å². The Morgan fingerprint density at radius 3 is 2.38 bits per heavy atom. The maximum atomic E-state index is 12.9. The maximum absolute atomic E-state index is 12.9. The molecule has 0 aliphatic carbocycles. The van der Waals surface area contributed by atoms with Crippen LogP contribution >= 0.6 is 46.6 Å². The molecule has 0 unspecified atom stereocenters. The SMILES string of the molecule is CCNC(=O)[C@@H](C)N(Cc1ccc(Cl)c(Cl)c1)C(=O)CCSc1ccc(Cl)cc1. The molecule has 0 bridgehead atoms. The van der Waals surface area contributed by atoms with E-state index in [-0.39, 0.29) is 18.4 Å². The van der Waals surface area contributed by atoms with Crippen LogP contribution in [0.15, 0.2) is 47.4 Å². The first kappa shape index (κ1) is 23.9. The molecule has 0 saturated heterocycles. The number of thioether (sulfide) groups is 1. The minimum Gasteiger partial charge on any atom is -0.355 e. The van der Waals surface area contributed by atoms with Crippen LogP contribution in [0, 0.1) is 0 Å². The first-order valence-electron chi connectivity index (χ1n) is 9.21. The largest absolute Gasteiger partial charge is 0.355 e. The van der Waals surface area contributed by atoms with Gasteiger partial charge in [-0.3, -0.25) is 9.59 Å². The lowest BCUT2D eigenvalue weighted by Crippen LogP contribution is -2.47. The molecule has 29 heavy (non-hydrogen) atoms. The molecule has 0 spiro atoms. The molecule has 0 aromatic heterocycles. The zero-order chi connectivity index (χ0) is 21.4. The average Bonchev–Trinajstić information content (AvgIpc) is 2.69. The number of carbonyl (C=O) groups excluding carboxylic acids is 2. The number of nitrogens with one attached hydrogen (secondary N) is 1. The third-order valence-electron chi connectivity index (χ3n) is 4.25. The van der Waals surface area contributed by atoms with Crippen molar-refractivity contribution >= 4 is 58.4 Å². The van der Waals surface area contributed by atoms with E-state index < -0.39 is 6.04 Å². The third kappa shape index (κ3) is 7.41. The van der Waals surface area contributed by atoms with Gasteiger partial charge in [-0.05, 0) is 55.8 Å². The van der Waals surface area contributed by atoms with E-state index in [4.69, 9.17) is 34.8 Å². The Labute approximate surface area is 190 Å². The maximum Gasteiger partial charge on any atom is 0.242 e. The van der Waals surface area contributed by atoms with E-state index in [0.717, 1.165) is 10.5 Å². The second kappa shape index (κ2) is 11.7. The highest BCUT2D eigenvalue weighted by molar-refractivity contribution is 7.99. The summed E-state index contributed by atoms with van der Waals surface area (Å²) in [6, 6.07) is 12.1. The van der Waals surface area contributed by atoms with Gasteiger partial charge >= 0.3 is 0 Å². The normalized spacial score (nSPS) is 11.8. The van der Waals surface area contributed by atoms with Crippen LogP contribution < -0.4 is 5.32 Å². The van der Waals surface area contributed by atoms with E-state index in [1.807, 2.05) is 31.2 Å². The van der Waals surface area contributed by atoms with Gasteiger partial charge in [-0.25, -0.2) is 0 Å². The predicted octanol–water partition coefficient (Wildman–Crippen LogP) is 5.68. The van der Waals surface area contributed by atoms with E-state index >= 15 is 0 Å². The summed E-state index contributed by atoms with van der Waals surface area (Å²) >= 11 is 19.6. The van der Waals surface area contributed by atoms with Crippen LogP contribution in [-0.4, -0.2) is 35.1 Å². The summed E-state index contributed by atoms with van der Waals surface area (Å²) in [4.78, 5) is 27.9. The molecule has 0 saturated carbocycles. The molecule has 0 radical (unpaired) electrons. The Bertz CT molecular complexity index is 846. The highest BCUT2D eigenvalue weighted by Crippen LogP contribution is 2.25. The molecule has 8 heteroatoms. The van der Waals surface area contributed by atoms with Crippen molar-refractivity contribution in [2.24, 2.45) is 0 Å². The molecular formula is C21H23Cl3N2O2S. The van der Waals surface area contributed by atoms with Gasteiger partial charge in [0.1, 0.15) is 6.04 Å². The molecule has 2 aromatic rings. The lowest BCUT2D eigenvalue weighted by Gasteiger charge is -2.29. The number of hydrogen-bond acceptors (Lipinski definition) is 3. The topological polar surface area (TPSA) is 49.4 Å². The number of benzene rings is 2. The number of rotatable bonds is 9. The summed E-state index contributed by atoms with van der Waals surface area (Å²) in [6.45, 7) is 4.36. The summed E-state index contributed by atoms with van der Waals surface area (Å²) in [7, 11) is 0. The number of nitrogens with zero attached hydrogens (tertiary/aromatic N) is 1. The smallest absolute Gasteiger partial charge is 0.242 e. The lowest BCUT2D eigenvalue weighted by molar-refractivity contribution is -0.140. The highest BCUT2D eigenvalue weighted by Gasteiger charge is 2.25. The fourth-order valence-electron chi connectivity index (χ4n) is 2.67. The summed E-state index contributed by atoms with van der Waals surface area (Å²) in [5.74, 6) is 0.308. The Morgan fingerprint density at radius 2 is 1.76 bits per heavy atom. The molecule has 156 valence electrons. The minimum atomic E-state index is -0.600. The van der Waals surface area contributed by atoms with E-state index in [1.54, 1.807) is 41.8 Å². The molecule has 4 nitrogen and oxygen atoms in total. The van der Waals surface area contributed by atoms with Crippen LogP contribution in [0.25, 0.3) is 0 Å². The third-order valence-corrected chi connectivity index (χ3v) is 6.26. The number of amides is 2. The zero-order valence-corrected chi connectivity index (χ0v) is 19.3. The van der Waals surface area contributed by atoms with Crippen LogP contribution in [-0.2, 0) is 16.1 Å². The number of likely N-dealkylation sites (N-methyl/N-ethyl adjacent to an activating group) is 1. The van der Waals surface area contributed by atoms with Crippen LogP contribution in [0.4, 0.5) is 0 Å². The van der Waals surface area contributed by atoms with Gasteiger partial charge in [0.15, 0.2) is 0 Å². The van der Waals surface area contributed by atoms with Crippen molar-refractivity contribution in [2.75, 3.05) is 12.3 Å². The van der Waals surface area contributed by atoms with Gasteiger partial charge in [0.25, 0.3) is 0 Å². The summed E-state index contributed by atoms with van der Waals surface area (Å²) in [5, 5.41) is 4.32. The van der Waals surface area contributed by atoms with Gasteiger partial charge in [-0.2, -0.15) is 0 Å². The van der Waals surface area contributed by atoms with Crippen molar-refractivity contribution in [1.29, 1.82) is 0 Å². The van der Waals surface area contributed by atoms with Crippen molar-refractivity contribution in [3.8, 4) is 0 Å². The van der Waals surface area contributed by atoms with Gasteiger partial charge in [-0.15, -0.1) is 11.8 Å². The lowest BCUT2D eigenvalue weighted by atomic mass is 10.1. The Morgan fingerprint density at radius 1 is 1.07 bits per heavy atom. The van der Waals surface area contributed by atoms with E-state index in [9.17, 15) is 9.59 Å². The van der Waals surface area contributed by atoms with E-state index in [0.29, 0.717) is 33.8 Å². The second-order valence-corrected chi connectivity index (χ2v) is 8.81. The van der Waals surface area contributed by atoms with Crippen LogP contribution in [0.5, 0.6) is 0 Å². The van der Waals surface area contributed by atoms with E-state index in [1.165, 1.54) is 0 Å². The Balaban J connectivity index is 2.07. The molecule has 0 heterocycles. The van der Waals surface area contributed by atoms with Gasteiger partial charge in [-0.1, -0.05) is 40.9 Å². The highest BCUT2D eigenvalue weighted by atomic mass is 35.5. The summed E-state index contributed by atoms with van der Waals surface area (Å²) in [5.41, 5.74) is 0.814. The number of halogens is 3. The fraction of sp³-hybridized carbons (Fsp3) is 0.333. The monoisotopic (exact) mass is 472 g/mol. The first-order valence-corrected chi connectivity index (χ1v) is 11.3. The molecule has 1 atom stereocenters. The van der Waals surface area contributed by atoms with Gasteiger partial charge < -0.3 is 10.2 Å².